The zero-order chi connectivity index (χ0) is 23.2. The SMILES string of the molecule is CC1(CN(Cc2ccccc2)Cc2ccccc2)NC(=O)N(COCC[Si](C)(C)C)C1=O. The second-order valence-corrected chi connectivity index (χ2v) is 15.6. The third-order valence-corrected chi connectivity index (χ3v) is 7.30. The molecule has 0 aliphatic carbocycles. The number of nitrogens with one attached hydrogen (secondary N) is 1. The van der Waals surface area contributed by atoms with E-state index >= 15 is 0 Å². The number of imide groups is 1. The Labute approximate surface area is 192 Å². The zero-order valence-electron chi connectivity index (χ0n) is 19.6. The number of carbonyl (C=O) groups excluding carboxylic acids is 2. The van der Waals surface area contributed by atoms with Crippen LogP contribution in [-0.2, 0) is 22.6 Å². The molecule has 1 fully saturated rings. The molecule has 1 atom stereocenters. The van der Waals surface area contributed by atoms with Crippen LogP contribution < -0.4 is 5.32 Å². The van der Waals surface area contributed by atoms with Crippen LogP contribution in [0.25, 0.3) is 0 Å². The molecular weight excluding hydrogens is 418 g/mol. The Morgan fingerprint density at radius 3 is 1.97 bits per heavy atom. The molecule has 6 nitrogen and oxygen atoms in total. The molecule has 1 aliphatic rings. The standard InChI is InChI=1S/C25H35N3O3Si/c1-25(23(29)28(24(30)26-25)20-31-15-16-32(2,3)4)19-27(17-21-11-7-5-8-12-21)18-22-13-9-6-10-14-22/h5-14H,15-20H2,1-4H3,(H,26,30). The quantitative estimate of drug-likeness (QED) is 0.313. The average Bonchev–Trinajstić information content (AvgIpc) is 2.94. The highest BCUT2D eigenvalue weighted by molar-refractivity contribution is 6.76. The summed E-state index contributed by atoms with van der Waals surface area (Å²) in [5, 5.41) is 2.91. The summed E-state index contributed by atoms with van der Waals surface area (Å²) in [6.45, 7) is 11.0. The first-order valence-corrected chi connectivity index (χ1v) is 14.9. The minimum Gasteiger partial charge on any atom is -0.361 e. The Hall–Kier alpha value is -2.48. The molecule has 1 unspecified atom stereocenters. The molecule has 32 heavy (non-hydrogen) atoms. The van der Waals surface area contributed by atoms with E-state index in [4.69, 9.17) is 4.74 Å². The average molecular weight is 454 g/mol. The third kappa shape index (κ3) is 6.76. The van der Waals surface area contributed by atoms with Crippen molar-refractivity contribution in [2.75, 3.05) is 19.9 Å². The Morgan fingerprint density at radius 1 is 0.938 bits per heavy atom. The number of amides is 3. The topological polar surface area (TPSA) is 61.9 Å². The van der Waals surface area contributed by atoms with Crippen molar-refractivity contribution in [3.05, 3.63) is 71.8 Å². The minimum atomic E-state index is -1.23. The second kappa shape index (κ2) is 10.4. The maximum Gasteiger partial charge on any atom is 0.326 e. The number of hydrogen-bond acceptors (Lipinski definition) is 4. The number of nitrogens with zero attached hydrogens (tertiary/aromatic N) is 2. The number of urea groups is 1. The Morgan fingerprint density at radius 2 is 1.47 bits per heavy atom. The molecule has 0 spiro atoms. The van der Waals surface area contributed by atoms with Gasteiger partial charge in [0.25, 0.3) is 5.91 Å². The molecule has 3 rings (SSSR count). The van der Waals surface area contributed by atoms with Crippen molar-refractivity contribution in [1.29, 1.82) is 0 Å². The Balaban J connectivity index is 1.68. The van der Waals surface area contributed by atoms with Crippen LogP contribution in [0.4, 0.5) is 4.79 Å². The summed E-state index contributed by atoms with van der Waals surface area (Å²) in [4.78, 5) is 29.2. The van der Waals surface area contributed by atoms with Gasteiger partial charge in [-0.25, -0.2) is 9.69 Å². The molecular formula is C25H35N3O3Si. The van der Waals surface area contributed by atoms with E-state index < -0.39 is 13.6 Å². The van der Waals surface area contributed by atoms with E-state index in [0.29, 0.717) is 26.2 Å². The van der Waals surface area contributed by atoms with E-state index in [0.717, 1.165) is 17.2 Å². The van der Waals surface area contributed by atoms with Crippen LogP contribution in [0, 0.1) is 0 Å². The molecule has 1 saturated heterocycles. The van der Waals surface area contributed by atoms with Crippen molar-refractivity contribution >= 4 is 20.0 Å². The van der Waals surface area contributed by atoms with Gasteiger partial charge in [0.2, 0.25) is 0 Å². The summed E-state index contributed by atoms with van der Waals surface area (Å²) >= 11 is 0. The van der Waals surface area contributed by atoms with Crippen molar-refractivity contribution in [1.82, 2.24) is 15.1 Å². The fourth-order valence-corrected chi connectivity index (χ4v) is 4.56. The highest BCUT2D eigenvalue weighted by Crippen LogP contribution is 2.22. The number of hydrogen-bond donors (Lipinski definition) is 1. The fraction of sp³-hybridized carbons (Fsp3) is 0.440. The van der Waals surface area contributed by atoms with Crippen molar-refractivity contribution in [3.8, 4) is 0 Å². The third-order valence-electron chi connectivity index (χ3n) is 5.60. The predicted molar refractivity (Wildman–Crippen MR) is 130 cm³/mol. The van der Waals surface area contributed by atoms with E-state index in [1.807, 2.05) is 36.4 Å². The first-order chi connectivity index (χ1) is 15.2. The van der Waals surface area contributed by atoms with Crippen LogP contribution >= 0.6 is 0 Å². The molecule has 0 saturated carbocycles. The van der Waals surface area contributed by atoms with Crippen molar-refractivity contribution in [3.63, 3.8) is 0 Å². The van der Waals surface area contributed by atoms with Crippen LogP contribution in [0.15, 0.2) is 60.7 Å². The molecule has 3 amide bonds. The van der Waals surface area contributed by atoms with Crippen molar-refractivity contribution in [2.45, 2.75) is 51.2 Å². The molecule has 1 N–H and O–H groups in total. The number of carbonyl (C=O) groups is 2. The lowest BCUT2D eigenvalue weighted by atomic mass is 10.0. The van der Waals surface area contributed by atoms with Gasteiger partial charge in [0, 0.05) is 34.3 Å². The van der Waals surface area contributed by atoms with Crippen molar-refractivity contribution < 1.29 is 14.3 Å². The normalized spacial score (nSPS) is 19.0. The van der Waals surface area contributed by atoms with Gasteiger partial charge < -0.3 is 10.1 Å². The predicted octanol–water partition coefficient (Wildman–Crippen LogP) is 4.31. The summed E-state index contributed by atoms with van der Waals surface area (Å²) < 4.78 is 5.69. The summed E-state index contributed by atoms with van der Waals surface area (Å²) in [6.07, 6.45) is 0. The maximum absolute atomic E-state index is 13.2. The summed E-state index contributed by atoms with van der Waals surface area (Å²) in [7, 11) is -1.23. The Kier molecular flexibility index (Phi) is 7.87. The highest BCUT2D eigenvalue weighted by Gasteiger charge is 2.48. The monoisotopic (exact) mass is 453 g/mol. The Bertz CT molecular complexity index is 860. The van der Waals surface area contributed by atoms with Gasteiger partial charge in [-0.2, -0.15) is 0 Å². The van der Waals surface area contributed by atoms with Gasteiger partial charge in [-0.15, -0.1) is 0 Å². The fourth-order valence-electron chi connectivity index (χ4n) is 3.80. The molecule has 0 radical (unpaired) electrons. The molecule has 1 heterocycles. The van der Waals surface area contributed by atoms with E-state index in [2.05, 4.69) is 54.1 Å². The van der Waals surface area contributed by atoms with Gasteiger partial charge in [-0.3, -0.25) is 9.69 Å². The van der Waals surface area contributed by atoms with Gasteiger partial charge in [0.05, 0.1) is 0 Å². The van der Waals surface area contributed by atoms with E-state index in [-0.39, 0.29) is 18.7 Å². The van der Waals surface area contributed by atoms with Gasteiger partial charge >= 0.3 is 6.03 Å². The summed E-state index contributed by atoms with van der Waals surface area (Å²) in [5.41, 5.74) is 1.33. The van der Waals surface area contributed by atoms with Gasteiger partial charge in [-0.1, -0.05) is 80.3 Å². The molecule has 0 bridgehead atoms. The van der Waals surface area contributed by atoms with E-state index in [9.17, 15) is 9.59 Å². The zero-order valence-corrected chi connectivity index (χ0v) is 20.6. The number of rotatable bonds is 11. The van der Waals surface area contributed by atoms with Crippen LogP contribution in [-0.4, -0.2) is 55.2 Å². The largest absolute Gasteiger partial charge is 0.361 e. The number of benzene rings is 2. The summed E-state index contributed by atoms with van der Waals surface area (Å²) in [6, 6.07) is 21.0. The van der Waals surface area contributed by atoms with Gasteiger partial charge in [0.1, 0.15) is 12.3 Å². The first-order valence-electron chi connectivity index (χ1n) is 11.2. The maximum atomic E-state index is 13.2. The molecule has 0 aromatic heterocycles. The van der Waals surface area contributed by atoms with Crippen LogP contribution in [0.1, 0.15) is 18.1 Å². The lowest BCUT2D eigenvalue weighted by molar-refractivity contribution is -0.135. The van der Waals surface area contributed by atoms with E-state index in [1.54, 1.807) is 6.92 Å². The lowest BCUT2D eigenvalue weighted by Crippen LogP contribution is -2.52. The van der Waals surface area contributed by atoms with E-state index in [1.165, 1.54) is 4.90 Å². The second-order valence-electron chi connectivity index (χ2n) is 9.96. The van der Waals surface area contributed by atoms with Gasteiger partial charge in [0.15, 0.2) is 0 Å². The molecule has 2 aromatic carbocycles. The van der Waals surface area contributed by atoms with Crippen LogP contribution in [0.2, 0.25) is 25.7 Å². The van der Waals surface area contributed by atoms with Crippen molar-refractivity contribution in [2.24, 2.45) is 0 Å². The molecule has 1 aliphatic heterocycles. The van der Waals surface area contributed by atoms with Crippen LogP contribution in [0.3, 0.4) is 0 Å². The smallest absolute Gasteiger partial charge is 0.326 e. The number of ether oxygens (including phenoxy) is 1. The minimum absolute atomic E-state index is 0.00209. The molecule has 172 valence electrons. The van der Waals surface area contributed by atoms with Gasteiger partial charge in [-0.05, 0) is 24.1 Å². The van der Waals surface area contributed by atoms with Crippen LogP contribution in [0.5, 0.6) is 0 Å². The summed E-state index contributed by atoms with van der Waals surface area (Å²) in [5.74, 6) is -0.235. The lowest BCUT2D eigenvalue weighted by Gasteiger charge is -2.31. The molecule has 7 heteroatoms. The highest BCUT2D eigenvalue weighted by atomic mass is 28.3. The molecule has 2 aromatic rings. The first kappa shape index (κ1) is 24.2.